The number of nitriles is 1. The third kappa shape index (κ3) is 5.42. The molecule has 0 atom stereocenters. The van der Waals surface area contributed by atoms with E-state index in [4.69, 9.17) is 5.26 Å². The monoisotopic (exact) mass is 149 g/mol. The number of rotatable bonds is 4. The summed E-state index contributed by atoms with van der Waals surface area (Å²) in [4.78, 5) is 0. The first kappa shape index (κ1) is 9.97. The Labute approximate surface area is 69.0 Å². The van der Waals surface area contributed by atoms with E-state index in [1.165, 1.54) is 0 Å². The molecule has 0 aliphatic carbocycles. The molecule has 0 rings (SSSR count). The third-order valence-corrected chi connectivity index (χ3v) is 1.31. The van der Waals surface area contributed by atoms with Crippen molar-refractivity contribution in [1.82, 2.24) is 0 Å². The van der Waals surface area contributed by atoms with Crippen molar-refractivity contribution in [2.75, 3.05) is 0 Å². The van der Waals surface area contributed by atoms with Crippen molar-refractivity contribution < 1.29 is 0 Å². The molecular weight excluding hydrogens is 134 g/mol. The minimum atomic E-state index is 0.779. The van der Waals surface area contributed by atoms with Gasteiger partial charge in [0.25, 0.3) is 0 Å². The number of hydrogen-bond donors (Lipinski definition) is 0. The molecule has 0 aromatic rings. The summed E-state index contributed by atoms with van der Waals surface area (Å²) in [6.07, 6.45) is 9.01. The van der Waals surface area contributed by atoms with Crippen LogP contribution in [-0.2, 0) is 0 Å². The van der Waals surface area contributed by atoms with Crippen molar-refractivity contribution in [3.63, 3.8) is 0 Å². The lowest BCUT2D eigenvalue weighted by Gasteiger charge is -1.86. The SMILES string of the molecule is CC/C=C(C#N)\C=C/CCC. The zero-order chi connectivity index (χ0) is 8.53. The summed E-state index contributed by atoms with van der Waals surface area (Å²) in [5.41, 5.74) is 0.779. The smallest absolute Gasteiger partial charge is 0.0988 e. The van der Waals surface area contributed by atoms with Crippen LogP contribution in [0.4, 0.5) is 0 Å². The maximum absolute atomic E-state index is 8.59. The molecule has 0 aliphatic heterocycles. The highest BCUT2D eigenvalue weighted by atomic mass is 14.2. The molecule has 0 amide bonds. The van der Waals surface area contributed by atoms with Gasteiger partial charge in [-0.25, -0.2) is 0 Å². The zero-order valence-electron chi connectivity index (χ0n) is 7.30. The fraction of sp³-hybridized carbons (Fsp3) is 0.500. The fourth-order valence-corrected chi connectivity index (χ4v) is 0.748. The molecule has 0 N–H and O–H groups in total. The van der Waals surface area contributed by atoms with Crippen LogP contribution in [0.1, 0.15) is 33.1 Å². The number of nitrogens with zero attached hydrogens (tertiary/aromatic N) is 1. The van der Waals surface area contributed by atoms with Gasteiger partial charge in [0, 0.05) is 5.57 Å². The quantitative estimate of drug-likeness (QED) is 0.445. The average molecular weight is 149 g/mol. The van der Waals surface area contributed by atoms with Crippen molar-refractivity contribution in [2.24, 2.45) is 0 Å². The van der Waals surface area contributed by atoms with Crippen LogP contribution >= 0.6 is 0 Å². The van der Waals surface area contributed by atoms with E-state index in [0.717, 1.165) is 24.8 Å². The van der Waals surface area contributed by atoms with E-state index in [1.54, 1.807) is 0 Å². The van der Waals surface area contributed by atoms with Gasteiger partial charge < -0.3 is 0 Å². The highest BCUT2D eigenvalue weighted by Crippen LogP contribution is 1.99. The normalized spacial score (nSPS) is 11.9. The van der Waals surface area contributed by atoms with Crippen LogP contribution in [0.15, 0.2) is 23.8 Å². The lowest BCUT2D eigenvalue weighted by molar-refractivity contribution is 0.958. The van der Waals surface area contributed by atoms with E-state index in [-0.39, 0.29) is 0 Å². The molecule has 1 nitrogen and oxygen atoms in total. The molecule has 0 spiro atoms. The van der Waals surface area contributed by atoms with Crippen LogP contribution in [-0.4, -0.2) is 0 Å². The Morgan fingerprint density at radius 1 is 1.45 bits per heavy atom. The van der Waals surface area contributed by atoms with E-state index >= 15 is 0 Å². The van der Waals surface area contributed by atoms with E-state index in [2.05, 4.69) is 13.0 Å². The molecule has 0 aromatic carbocycles. The molecule has 0 radical (unpaired) electrons. The minimum Gasteiger partial charge on any atom is -0.192 e. The second-order valence-electron chi connectivity index (χ2n) is 2.37. The van der Waals surface area contributed by atoms with Gasteiger partial charge in [-0.15, -0.1) is 0 Å². The summed E-state index contributed by atoms with van der Waals surface area (Å²) in [7, 11) is 0. The van der Waals surface area contributed by atoms with Crippen LogP contribution in [0.2, 0.25) is 0 Å². The van der Waals surface area contributed by atoms with E-state index < -0.39 is 0 Å². The van der Waals surface area contributed by atoms with Crippen LogP contribution in [0.3, 0.4) is 0 Å². The molecule has 11 heavy (non-hydrogen) atoms. The first-order valence-electron chi connectivity index (χ1n) is 4.12. The number of allylic oxidation sites excluding steroid dienone is 4. The predicted molar refractivity (Wildman–Crippen MR) is 48.0 cm³/mol. The molecule has 1 heteroatoms. The molecule has 0 fully saturated rings. The zero-order valence-corrected chi connectivity index (χ0v) is 7.30. The van der Waals surface area contributed by atoms with Crippen molar-refractivity contribution >= 4 is 0 Å². The van der Waals surface area contributed by atoms with Crippen molar-refractivity contribution in [3.05, 3.63) is 23.8 Å². The summed E-state index contributed by atoms with van der Waals surface area (Å²) in [5, 5.41) is 8.59. The van der Waals surface area contributed by atoms with Crippen molar-refractivity contribution in [1.29, 1.82) is 5.26 Å². The molecule has 0 heterocycles. The van der Waals surface area contributed by atoms with Gasteiger partial charge in [-0.1, -0.05) is 32.4 Å². The number of unbranched alkanes of at least 4 members (excludes halogenated alkanes) is 1. The van der Waals surface area contributed by atoms with E-state index in [9.17, 15) is 0 Å². The second-order valence-corrected chi connectivity index (χ2v) is 2.37. The lowest BCUT2D eigenvalue weighted by atomic mass is 10.2. The number of hydrogen-bond acceptors (Lipinski definition) is 1. The van der Waals surface area contributed by atoms with Gasteiger partial charge in [0.05, 0.1) is 6.07 Å². The van der Waals surface area contributed by atoms with E-state index in [1.807, 2.05) is 25.2 Å². The molecule has 0 unspecified atom stereocenters. The molecule has 0 saturated heterocycles. The van der Waals surface area contributed by atoms with Gasteiger partial charge in [-0.3, -0.25) is 0 Å². The van der Waals surface area contributed by atoms with Gasteiger partial charge in [-0.2, -0.15) is 5.26 Å². The van der Waals surface area contributed by atoms with Crippen LogP contribution in [0.25, 0.3) is 0 Å². The highest BCUT2D eigenvalue weighted by molar-refractivity contribution is 5.32. The first-order valence-corrected chi connectivity index (χ1v) is 4.12. The largest absolute Gasteiger partial charge is 0.192 e. The maximum Gasteiger partial charge on any atom is 0.0988 e. The van der Waals surface area contributed by atoms with Gasteiger partial charge in [0.2, 0.25) is 0 Å². The van der Waals surface area contributed by atoms with Crippen molar-refractivity contribution in [2.45, 2.75) is 33.1 Å². The van der Waals surface area contributed by atoms with E-state index in [0.29, 0.717) is 0 Å². The standard InChI is InChI=1S/C10H15N/c1-3-5-6-8-10(9-11)7-4-2/h6-8H,3-5H2,1-2H3/b8-6-,10-7+. The summed E-state index contributed by atoms with van der Waals surface area (Å²) in [5.74, 6) is 0. The Bertz CT molecular complexity index is 182. The Hall–Kier alpha value is -1.03. The Morgan fingerprint density at radius 3 is 2.64 bits per heavy atom. The fourth-order valence-electron chi connectivity index (χ4n) is 0.748. The first-order chi connectivity index (χ1) is 5.35. The maximum atomic E-state index is 8.59. The topological polar surface area (TPSA) is 23.8 Å². The summed E-state index contributed by atoms with van der Waals surface area (Å²) in [6.45, 7) is 4.16. The summed E-state index contributed by atoms with van der Waals surface area (Å²) < 4.78 is 0. The highest BCUT2D eigenvalue weighted by Gasteiger charge is 1.84. The molecule has 0 aliphatic rings. The molecule has 0 bridgehead atoms. The Kier molecular flexibility index (Phi) is 6.42. The van der Waals surface area contributed by atoms with Crippen LogP contribution in [0, 0.1) is 11.3 Å². The molecule has 60 valence electrons. The van der Waals surface area contributed by atoms with Crippen LogP contribution < -0.4 is 0 Å². The molecular formula is C10H15N. The Balaban J connectivity index is 3.90. The van der Waals surface area contributed by atoms with Crippen LogP contribution in [0.5, 0.6) is 0 Å². The second kappa shape index (κ2) is 7.08. The predicted octanol–water partition coefficient (Wildman–Crippen LogP) is 3.20. The van der Waals surface area contributed by atoms with Gasteiger partial charge >= 0.3 is 0 Å². The van der Waals surface area contributed by atoms with Gasteiger partial charge in [-0.05, 0) is 18.9 Å². The van der Waals surface area contributed by atoms with Gasteiger partial charge in [0.15, 0.2) is 0 Å². The third-order valence-electron chi connectivity index (χ3n) is 1.31. The molecule has 0 saturated carbocycles. The molecule has 0 aromatic heterocycles. The summed E-state index contributed by atoms with van der Waals surface area (Å²) >= 11 is 0. The van der Waals surface area contributed by atoms with Gasteiger partial charge in [0.1, 0.15) is 0 Å². The lowest BCUT2D eigenvalue weighted by Crippen LogP contribution is -1.71. The van der Waals surface area contributed by atoms with Crippen molar-refractivity contribution in [3.8, 4) is 6.07 Å². The Morgan fingerprint density at radius 2 is 2.18 bits per heavy atom. The summed E-state index contributed by atoms with van der Waals surface area (Å²) in [6, 6.07) is 2.14. The average Bonchev–Trinajstić information content (AvgIpc) is 2.03. The minimum absolute atomic E-state index is 0.779.